The fourth-order valence-corrected chi connectivity index (χ4v) is 2.76. The van der Waals surface area contributed by atoms with E-state index in [0.717, 1.165) is 43.5 Å². The minimum Gasteiger partial charge on any atom is -0.399 e. The first-order valence-electron chi connectivity index (χ1n) is 6.97. The lowest BCUT2D eigenvalue weighted by Crippen LogP contribution is -2.39. The van der Waals surface area contributed by atoms with Crippen molar-refractivity contribution in [3.8, 4) is 0 Å². The van der Waals surface area contributed by atoms with Gasteiger partial charge in [-0.05, 0) is 43.4 Å². The first-order chi connectivity index (χ1) is 9.21. The van der Waals surface area contributed by atoms with Crippen LogP contribution in [0.3, 0.4) is 0 Å². The molecule has 2 fully saturated rings. The van der Waals surface area contributed by atoms with Gasteiger partial charge in [0.2, 0.25) is 5.91 Å². The molecule has 0 bridgehead atoms. The summed E-state index contributed by atoms with van der Waals surface area (Å²) in [6, 6.07) is 7.66. The molecular formula is C15H20N2O2. The number of nitrogens with one attached hydrogen (secondary N) is 1. The van der Waals surface area contributed by atoms with Gasteiger partial charge in [0, 0.05) is 18.8 Å². The highest BCUT2D eigenvalue weighted by Crippen LogP contribution is 2.48. The van der Waals surface area contributed by atoms with Crippen molar-refractivity contribution in [3.63, 3.8) is 0 Å². The Morgan fingerprint density at radius 1 is 1.37 bits per heavy atom. The Hall–Kier alpha value is -1.55. The normalized spacial score (nSPS) is 24.1. The average Bonchev–Trinajstić information content (AvgIpc) is 3.07. The second kappa shape index (κ2) is 4.85. The average molecular weight is 260 g/mol. The van der Waals surface area contributed by atoms with Crippen LogP contribution < -0.4 is 11.1 Å². The van der Waals surface area contributed by atoms with Crippen molar-refractivity contribution in [1.29, 1.82) is 0 Å². The van der Waals surface area contributed by atoms with Crippen molar-refractivity contribution in [1.82, 2.24) is 5.32 Å². The Bertz CT molecular complexity index is 460. The van der Waals surface area contributed by atoms with E-state index in [4.69, 9.17) is 10.5 Å². The molecule has 19 heavy (non-hydrogen) atoms. The van der Waals surface area contributed by atoms with E-state index in [1.165, 1.54) is 0 Å². The monoisotopic (exact) mass is 260 g/mol. The third-order valence-electron chi connectivity index (χ3n) is 4.16. The van der Waals surface area contributed by atoms with Crippen LogP contribution in [0.4, 0.5) is 5.69 Å². The van der Waals surface area contributed by atoms with Crippen molar-refractivity contribution < 1.29 is 9.53 Å². The van der Waals surface area contributed by atoms with Gasteiger partial charge in [-0.3, -0.25) is 4.79 Å². The Kier molecular flexibility index (Phi) is 3.19. The maximum atomic E-state index is 12.4. The molecule has 4 heteroatoms. The fraction of sp³-hybridized carbons (Fsp3) is 0.533. The van der Waals surface area contributed by atoms with Crippen LogP contribution in [0.25, 0.3) is 0 Å². The molecule has 1 saturated heterocycles. The number of amides is 1. The Labute approximate surface area is 113 Å². The summed E-state index contributed by atoms with van der Waals surface area (Å²) in [5.74, 6) is 0.132. The number of carbonyl (C=O) groups is 1. The van der Waals surface area contributed by atoms with E-state index in [0.29, 0.717) is 6.54 Å². The molecule has 1 aromatic rings. The predicted octanol–water partition coefficient (Wildman–Crippen LogP) is 1.60. The largest absolute Gasteiger partial charge is 0.399 e. The zero-order valence-electron chi connectivity index (χ0n) is 11.0. The van der Waals surface area contributed by atoms with Gasteiger partial charge in [0.25, 0.3) is 0 Å². The summed E-state index contributed by atoms with van der Waals surface area (Å²) in [5, 5.41) is 3.05. The highest BCUT2D eigenvalue weighted by Gasteiger charge is 2.51. The molecule has 4 nitrogen and oxygen atoms in total. The molecule has 1 amide bonds. The van der Waals surface area contributed by atoms with Crippen LogP contribution in [0.15, 0.2) is 24.3 Å². The van der Waals surface area contributed by atoms with Gasteiger partial charge >= 0.3 is 0 Å². The van der Waals surface area contributed by atoms with Gasteiger partial charge in [-0.1, -0.05) is 12.1 Å². The maximum absolute atomic E-state index is 12.4. The van der Waals surface area contributed by atoms with Crippen LogP contribution >= 0.6 is 0 Å². The zero-order chi connectivity index (χ0) is 13.3. The van der Waals surface area contributed by atoms with E-state index < -0.39 is 0 Å². The minimum atomic E-state index is -0.313. The lowest BCUT2D eigenvalue weighted by molar-refractivity contribution is -0.124. The number of anilines is 1. The Balaban J connectivity index is 1.63. The molecule has 1 aliphatic carbocycles. The summed E-state index contributed by atoms with van der Waals surface area (Å²) in [5.41, 5.74) is 7.19. The highest BCUT2D eigenvalue weighted by molar-refractivity contribution is 5.91. The summed E-state index contributed by atoms with van der Waals surface area (Å²) in [4.78, 5) is 12.4. The van der Waals surface area contributed by atoms with Crippen molar-refractivity contribution in [2.45, 2.75) is 37.2 Å². The third-order valence-corrected chi connectivity index (χ3v) is 4.16. The molecule has 1 aliphatic heterocycles. The Morgan fingerprint density at radius 3 is 2.68 bits per heavy atom. The molecule has 3 rings (SSSR count). The summed E-state index contributed by atoms with van der Waals surface area (Å²) in [6.07, 6.45) is 4.20. The van der Waals surface area contributed by atoms with Crippen LogP contribution in [0.2, 0.25) is 0 Å². The van der Waals surface area contributed by atoms with Crippen molar-refractivity contribution in [2.24, 2.45) is 0 Å². The number of hydrogen-bond donors (Lipinski definition) is 2. The molecule has 1 atom stereocenters. The van der Waals surface area contributed by atoms with Gasteiger partial charge in [-0.15, -0.1) is 0 Å². The summed E-state index contributed by atoms with van der Waals surface area (Å²) in [6.45, 7) is 1.46. The van der Waals surface area contributed by atoms with Crippen molar-refractivity contribution in [2.75, 3.05) is 18.9 Å². The van der Waals surface area contributed by atoms with Crippen LogP contribution in [0, 0.1) is 0 Å². The standard InChI is InChI=1S/C15H20N2O2/c16-12-5-3-11(4-6-12)15(7-8-15)14(18)17-10-13-2-1-9-19-13/h3-6,13H,1-2,7-10,16H2,(H,17,18)/t13-/m0/s1. The van der Waals surface area contributed by atoms with Crippen molar-refractivity contribution >= 4 is 11.6 Å². The maximum Gasteiger partial charge on any atom is 0.230 e. The molecule has 2 aliphatic rings. The van der Waals surface area contributed by atoms with E-state index in [2.05, 4.69) is 5.32 Å². The first-order valence-corrected chi connectivity index (χ1v) is 6.97. The topological polar surface area (TPSA) is 64.4 Å². The van der Waals surface area contributed by atoms with E-state index in [1.54, 1.807) is 0 Å². The molecular weight excluding hydrogens is 240 g/mol. The number of benzene rings is 1. The molecule has 1 heterocycles. The second-order valence-corrected chi connectivity index (χ2v) is 5.55. The van der Waals surface area contributed by atoms with Gasteiger partial charge < -0.3 is 15.8 Å². The zero-order valence-corrected chi connectivity index (χ0v) is 11.0. The van der Waals surface area contributed by atoms with E-state index in [1.807, 2.05) is 24.3 Å². The number of ether oxygens (including phenoxy) is 1. The smallest absolute Gasteiger partial charge is 0.230 e. The van der Waals surface area contributed by atoms with E-state index in [-0.39, 0.29) is 17.4 Å². The lowest BCUT2D eigenvalue weighted by atomic mass is 9.94. The molecule has 0 aromatic heterocycles. The number of rotatable bonds is 4. The van der Waals surface area contributed by atoms with Crippen LogP contribution in [0.1, 0.15) is 31.2 Å². The number of nitrogen functional groups attached to an aromatic ring is 1. The summed E-state index contributed by atoms with van der Waals surface area (Å²) >= 11 is 0. The van der Waals surface area contributed by atoms with Crippen LogP contribution in [0.5, 0.6) is 0 Å². The van der Waals surface area contributed by atoms with Gasteiger partial charge in [0.05, 0.1) is 11.5 Å². The number of carbonyl (C=O) groups excluding carboxylic acids is 1. The van der Waals surface area contributed by atoms with Gasteiger partial charge in [0.1, 0.15) is 0 Å². The quantitative estimate of drug-likeness (QED) is 0.808. The lowest BCUT2D eigenvalue weighted by Gasteiger charge is -2.18. The summed E-state index contributed by atoms with van der Waals surface area (Å²) in [7, 11) is 0. The number of hydrogen-bond acceptors (Lipinski definition) is 3. The predicted molar refractivity (Wildman–Crippen MR) is 73.8 cm³/mol. The molecule has 3 N–H and O–H groups in total. The van der Waals surface area contributed by atoms with Crippen LogP contribution in [-0.2, 0) is 14.9 Å². The van der Waals surface area contributed by atoms with Crippen LogP contribution in [-0.4, -0.2) is 25.2 Å². The fourth-order valence-electron chi connectivity index (χ4n) is 2.76. The first kappa shape index (κ1) is 12.5. The molecule has 1 saturated carbocycles. The van der Waals surface area contributed by atoms with Crippen molar-refractivity contribution in [3.05, 3.63) is 29.8 Å². The SMILES string of the molecule is Nc1ccc(C2(C(=O)NC[C@@H]3CCCO3)CC2)cc1. The number of nitrogens with two attached hydrogens (primary N) is 1. The third kappa shape index (κ3) is 2.45. The second-order valence-electron chi connectivity index (χ2n) is 5.55. The molecule has 0 unspecified atom stereocenters. The van der Waals surface area contributed by atoms with E-state index >= 15 is 0 Å². The van der Waals surface area contributed by atoms with Gasteiger partial charge in [0.15, 0.2) is 0 Å². The molecule has 0 spiro atoms. The Morgan fingerprint density at radius 2 is 2.11 bits per heavy atom. The highest BCUT2D eigenvalue weighted by atomic mass is 16.5. The van der Waals surface area contributed by atoms with E-state index in [9.17, 15) is 4.79 Å². The summed E-state index contributed by atoms with van der Waals surface area (Å²) < 4.78 is 5.53. The minimum absolute atomic E-state index is 0.132. The molecule has 1 aromatic carbocycles. The molecule has 0 radical (unpaired) electrons. The van der Waals surface area contributed by atoms with Gasteiger partial charge in [-0.25, -0.2) is 0 Å². The molecule has 102 valence electrons. The van der Waals surface area contributed by atoms with Gasteiger partial charge in [-0.2, -0.15) is 0 Å².